The summed E-state index contributed by atoms with van der Waals surface area (Å²) in [6.07, 6.45) is 2.48. The maximum Gasteiger partial charge on any atom is 0.307 e. The quantitative estimate of drug-likeness (QED) is 0.493. The van der Waals surface area contributed by atoms with E-state index in [2.05, 4.69) is 26.3 Å². The number of rotatable bonds is 5. The number of carbonyl (C=O) groups is 1. The molecule has 2 heterocycles. The van der Waals surface area contributed by atoms with Gasteiger partial charge in [-0.1, -0.05) is 15.9 Å². The maximum atomic E-state index is 13.8. The molecule has 0 aliphatic carbocycles. The van der Waals surface area contributed by atoms with Crippen molar-refractivity contribution >= 4 is 44.5 Å². The predicted molar refractivity (Wildman–Crippen MR) is 94.4 cm³/mol. The number of aromatic nitrogens is 2. The lowest BCUT2D eigenvalue weighted by Gasteiger charge is -2.05. The first-order chi connectivity index (χ1) is 11.9. The topological polar surface area (TPSA) is 90.1 Å². The van der Waals surface area contributed by atoms with E-state index in [9.17, 15) is 19.3 Å². The van der Waals surface area contributed by atoms with Crippen molar-refractivity contribution < 1.29 is 14.1 Å². The summed E-state index contributed by atoms with van der Waals surface area (Å²) >= 11 is 4.35. The molecule has 0 fully saturated rings. The van der Waals surface area contributed by atoms with Crippen molar-refractivity contribution in [1.82, 2.24) is 9.78 Å². The molecule has 0 saturated heterocycles. The van der Waals surface area contributed by atoms with Gasteiger partial charge in [0.05, 0.1) is 22.0 Å². The minimum absolute atomic E-state index is 0.0888. The van der Waals surface area contributed by atoms with E-state index in [0.717, 1.165) is 11.8 Å². The molecule has 0 spiro atoms. The van der Waals surface area contributed by atoms with E-state index in [-0.39, 0.29) is 11.4 Å². The van der Waals surface area contributed by atoms with Gasteiger partial charge in [-0.05, 0) is 35.2 Å². The number of anilines is 1. The second kappa shape index (κ2) is 7.11. The Kier molecular flexibility index (Phi) is 4.91. The van der Waals surface area contributed by atoms with Crippen LogP contribution in [-0.4, -0.2) is 20.6 Å². The predicted octanol–water partition coefficient (Wildman–Crippen LogP) is 4.06. The highest BCUT2D eigenvalue weighted by molar-refractivity contribution is 9.10. The molecule has 2 aromatic heterocycles. The van der Waals surface area contributed by atoms with E-state index in [1.807, 2.05) is 0 Å². The average molecular weight is 425 g/mol. The Morgan fingerprint density at radius 2 is 2.24 bits per heavy atom. The Hall–Kier alpha value is -2.59. The van der Waals surface area contributed by atoms with E-state index in [1.54, 1.807) is 17.5 Å². The number of carbonyl (C=O) groups excluding carboxylic acids is 1. The van der Waals surface area contributed by atoms with Gasteiger partial charge in [0.25, 0.3) is 5.91 Å². The van der Waals surface area contributed by atoms with Crippen molar-refractivity contribution in [3.8, 4) is 0 Å². The molecule has 0 atom stereocenters. The normalized spacial score (nSPS) is 10.6. The second-order valence-corrected chi connectivity index (χ2v) is 6.88. The standard InChI is InChI=1S/C15H10BrFN4O3S/c16-10-1-2-13(12(17)4-10)19-15(22)14-3-9(8-25-14)6-20-7-11(5-18-20)21(23)24/h1-5,7-8H,6H2,(H,19,22). The minimum atomic E-state index is -0.539. The van der Waals surface area contributed by atoms with Gasteiger partial charge in [0.1, 0.15) is 18.2 Å². The maximum absolute atomic E-state index is 13.8. The molecule has 3 rings (SSSR count). The van der Waals surface area contributed by atoms with Crippen LogP contribution in [-0.2, 0) is 6.54 Å². The van der Waals surface area contributed by atoms with Gasteiger partial charge in [0, 0.05) is 4.47 Å². The summed E-state index contributed by atoms with van der Waals surface area (Å²) in [6.45, 7) is 0.296. The van der Waals surface area contributed by atoms with Gasteiger partial charge >= 0.3 is 5.69 Å². The highest BCUT2D eigenvalue weighted by Crippen LogP contribution is 2.22. The zero-order valence-corrected chi connectivity index (χ0v) is 14.9. The van der Waals surface area contributed by atoms with Gasteiger partial charge in [-0.3, -0.25) is 19.6 Å². The fourth-order valence-electron chi connectivity index (χ4n) is 2.07. The molecule has 0 aliphatic heterocycles. The van der Waals surface area contributed by atoms with Crippen LogP contribution in [0.25, 0.3) is 0 Å². The highest BCUT2D eigenvalue weighted by Gasteiger charge is 2.14. The smallest absolute Gasteiger partial charge is 0.307 e. The van der Waals surface area contributed by atoms with E-state index in [4.69, 9.17) is 0 Å². The molecule has 0 bridgehead atoms. The summed E-state index contributed by atoms with van der Waals surface area (Å²) in [5.41, 5.74) is 0.759. The molecule has 25 heavy (non-hydrogen) atoms. The van der Waals surface area contributed by atoms with Crippen molar-refractivity contribution in [1.29, 1.82) is 0 Å². The molecular formula is C15H10BrFN4O3S. The third-order valence-corrected chi connectivity index (χ3v) is 4.70. The molecule has 1 N–H and O–H groups in total. The molecule has 0 radical (unpaired) electrons. The SMILES string of the molecule is O=C(Nc1ccc(Br)cc1F)c1cc(Cn2cc([N+](=O)[O-])cn2)cs1. The van der Waals surface area contributed by atoms with Crippen molar-refractivity contribution in [3.63, 3.8) is 0 Å². The highest BCUT2D eigenvalue weighted by atomic mass is 79.9. The van der Waals surface area contributed by atoms with Crippen molar-refractivity contribution in [2.75, 3.05) is 5.32 Å². The van der Waals surface area contributed by atoms with Crippen LogP contribution in [0, 0.1) is 15.9 Å². The molecule has 3 aromatic rings. The minimum Gasteiger partial charge on any atom is -0.319 e. The van der Waals surface area contributed by atoms with Gasteiger partial charge in [0.2, 0.25) is 0 Å². The summed E-state index contributed by atoms with van der Waals surface area (Å²) < 4.78 is 15.8. The number of nitrogens with zero attached hydrogens (tertiary/aromatic N) is 3. The second-order valence-electron chi connectivity index (χ2n) is 5.05. The molecule has 128 valence electrons. The Morgan fingerprint density at radius 1 is 1.44 bits per heavy atom. The lowest BCUT2D eigenvalue weighted by Crippen LogP contribution is -2.11. The Labute approximate surface area is 153 Å². The monoisotopic (exact) mass is 424 g/mol. The molecule has 0 aliphatic rings. The lowest BCUT2D eigenvalue weighted by molar-refractivity contribution is -0.385. The number of halogens is 2. The van der Waals surface area contributed by atoms with E-state index in [1.165, 1.54) is 34.3 Å². The van der Waals surface area contributed by atoms with Gasteiger partial charge < -0.3 is 5.32 Å². The zero-order chi connectivity index (χ0) is 18.0. The molecule has 7 nitrogen and oxygen atoms in total. The Bertz CT molecular complexity index is 956. The summed E-state index contributed by atoms with van der Waals surface area (Å²) in [4.78, 5) is 22.7. The molecule has 1 amide bonds. The van der Waals surface area contributed by atoms with Crippen molar-refractivity contribution in [2.45, 2.75) is 6.54 Å². The number of amides is 1. The van der Waals surface area contributed by atoms with Crippen LogP contribution in [0.3, 0.4) is 0 Å². The van der Waals surface area contributed by atoms with Gasteiger partial charge in [-0.2, -0.15) is 5.10 Å². The third kappa shape index (κ3) is 4.09. The average Bonchev–Trinajstić information content (AvgIpc) is 3.20. The number of nitro groups is 1. The molecular weight excluding hydrogens is 415 g/mol. The Morgan fingerprint density at radius 3 is 2.92 bits per heavy atom. The largest absolute Gasteiger partial charge is 0.319 e. The van der Waals surface area contributed by atoms with Crippen LogP contribution >= 0.6 is 27.3 Å². The number of hydrogen-bond donors (Lipinski definition) is 1. The van der Waals surface area contributed by atoms with E-state index >= 15 is 0 Å². The first-order valence-corrected chi connectivity index (χ1v) is 8.60. The van der Waals surface area contributed by atoms with Gasteiger partial charge in [-0.25, -0.2) is 4.39 Å². The lowest BCUT2D eigenvalue weighted by atomic mass is 10.2. The van der Waals surface area contributed by atoms with E-state index in [0.29, 0.717) is 15.9 Å². The number of hydrogen-bond acceptors (Lipinski definition) is 5. The number of nitrogens with one attached hydrogen (secondary N) is 1. The first kappa shape index (κ1) is 17.2. The third-order valence-electron chi connectivity index (χ3n) is 3.23. The van der Waals surface area contributed by atoms with Gasteiger partial charge in [-0.15, -0.1) is 11.3 Å². The van der Waals surface area contributed by atoms with Crippen LogP contribution in [0.4, 0.5) is 15.8 Å². The summed E-state index contributed by atoms with van der Waals surface area (Å²) in [5.74, 6) is -0.965. The van der Waals surface area contributed by atoms with Crippen LogP contribution < -0.4 is 5.32 Å². The van der Waals surface area contributed by atoms with Gasteiger partial charge in [0.15, 0.2) is 0 Å². The molecule has 0 saturated carbocycles. The molecule has 10 heteroatoms. The van der Waals surface area contributed by atoms with Crippen LogP contribution in [0.15, 0.2) is 46.5 Å². The number of thiophene rings is 1. The van der Waals surface area contributed by atoms with Crippen LogP contribution in [0.2, 0.25) is 0 Å². The summed E-state index contributed by atoms with van der Waals surface area (Å²) in [7, 11) is 0. The molecule has 0 unspecified atom stereocenters. The van der Waals surface area contributed by atoms with Crippen LogP contribution in [0.5, 0.6) is 0 Å². The van der Waals surface area contributed by atoms with Crippen molar-refractivity contribution in [3.05, 3.63) is 72.9 Å². The van der Waals surface area contributed by atoms with Crippen LogP contribution in [0.1, 0.15) is 15.2 Å². The van der Waals surface area contributed by atoms with E-state index < -0.39 is 16.6 Å². The summed E-state index contributed by atoms with van der Waals surface area (Å²) in [6, 6.07) is 6.00. The molecule has 1 aromatic carbocycles. The zero-order valence-electron chi connectivity index (χ0n) is 12.5. The Balaban J connectivity index is 1.69. The fourth-order valence-corrected chi connectivity index (χ4v) is 3.20. The fraction of sp³-hybridized carbons (Fsp3) is 0.0667. The number of benzene rings is 1. The summed E-state index contributed by atoms with van der Waals surface area (Å²) in [5, 5.41) is 18.8. The van der Waals surface area contributed by atoms with Crippen molar-refractivity contribution in [2.24, 2.45) is 0 Å². The first-order valence-electron chi connectivity index (χ1n) is 6.93.